The minimum atomic E-state index is -0.723. The second kappa shape index (κ2) is 6.75. The SMILES string of the molecule is CC(C)Cc1ccc2oc(C[C@H](C(=O)O)[C@H]3CCNC3)cc2c1. The maximum Gasteiger partial charge on any atom is 0.307 e. The summed E-state index contributed by atoms with van der Waals surface area (Å²) in [6.45, 7) is 6.11. The van der Waals surface area contributed by atoms with E-state index >= 15 is 0 Å². The maximum absolute atomic E-state index is 11.6. The van der Waals surface area contributed by atoms with Gasteiger partial charge in [0.1, 0.15) is 11.3 Å². The van der Waals surface area contributed by atoms with Crippen molar-refractivity contribution in [2.45, 2.75) is 33.1 Å². The third-order valence-electron chi connectivity index (χ3n) is 4.68. The molecule has 1 fully saturated rings. The normalized spacial score (nSPS) is 19.5. The number of fused-ring (bicyclic) bond motifs is 1. The topological polar surface area (TPSA) is 62.5 Å². The Labute approximate surface area is 136 Å². The number of carboxylic acid groups (broad SMARTS) is 1. The van der Waals surface area contributed by atoms with Gasteiger partial charge in [-0.25, -0.2) is 0 Å². The van der Waals surface area contributed by atoms with E-state index in [1.807, 2.05) is 12.1 Å². The molecule has 0 amide bonds. The molecule has 124 valence electrons. The minimum Gasteiger partial charge on any atom is -0.481 e. The summed E-state index contributed by atoms with van der Waals surface area (Å²) in [4.78, 5) is 11.6. The number of carbonyl (C=O) groups is 1. The van der Waals surface area contributed by atoms with Crippen molar-refractivity contribution in [3.63, 3.8) is 0 Å². The van der Waals surface area contributed by atoms with Crippen LogP contribution in [0.4, 0.5) is 0 Å². The van der Waals surface area contributed by atoms with Crippen molar-refractivity contribution >= 4 is 16.9 Å². The van der Waals surface area contributed by atoms with E-state index in [2.05, 4.69) is 31.3 Å². The molecule has 1 aliphatic rings. The standard InChI is InChI=1S/C19H25NO3/c1-12(2)7-13-3-4-18-15(8-13)9-16(23-18)10-17(19(21)22)14-5-6-20-11-14/h3-4,8-9,12,14,17,20H,5-7,10-11H2,1-2H3,(H,21,22)/t14-,17-/m0/s1. The number of carboxylic acids is 1. The number of benzene rings is 1. The molecule has 2 heterocycles. The number of hydrogen-bond donors (Lipinski definition) is 2. The fraction of sp³-hybridized carbons (Fsp3) is 0.526. The van der Waals surface area contributed by atoms with Crippen LogP contribution in [-0.2, 0) is 17.6 Å². The Morgan fingerprint density at radius 3 is 2.83 bits per heavy atom. The van der Waals surface area contributed by atoms with Crippen LogP contribution in [0.3, 0.4) is 0 Å². The first-order valence-corrected chi connectivity index (χ1v) is 8.48. The van der Waals surface area contributed by atoms with Gasteiger partial charge in [-0.1, -0.05) is 19.9 Å². The van der Waals surface area contributed by atoms with Crippen molar-refractivity contribution in [3.8, 4) is 0 Å². The monoisotopic (exact) mass is 315 g/mol. The average molecular weight is 315 g/mol. The van der Waals surface area contributed by atoms with Gasteiger partial charge in [-0.3, -0.25) is 4.79 Å². The van der Waals surface area contributed by atoms with E-state index in [9.17, 15) is 9.90 Å². The minimum absolute atomic E-state index is 0.192. The molecule has 1 aliphatic heterocycles. The zero-order valence-corrected chi connectivity index (χ0v) is 13.8. The summed E-state index contributed by atoms with van der Waals surface area (Å²) in [6.07, 6.45) is 2.44. The van der Waals surface area contributed by atoms with Crippen LogP contribution >= 0.6 is 0 Å². The Morgan fingerprint density at radius 2 is 2.17 bits per heavy atom. The molecule has 1 aromatic heterocycles. The van der Waals surface area contributed by atoms with Gasteiger partial charge in [0.05, 0.1) is 5.92 Å². The summed E-state index contributed by atoms with van der Waals surface area (Å²) in [5.41, 5.74) is 2.15. The zero-order valence-electron chi connectivity index (χ0n) is 13.8. The van der Waals surface area contributed by atoms with Crippen LogP contribution in [0.2, 0.25) is 0 Å². The fourth-order valence-corrected chi connectivity index (χ4v) is 3.54. The van der Waals surface area contributed by atoms with Crippen LogP contribution in [0.15, 0.2) is 28.7 Å². The first-order chi connectivity index (χ1) is 11.0. The molecular weight excluding hydrogens is 290 g/mol. The van der Waals surface area contributed by atoms with Crippen molar-refractivity contribution in [1.29, 1.82) is 0 Å². The van der Waals surface area contributed by atoms with Gasteiger partial charge >= 0.3 is 5.97 Å². The highest BCUT2D eigenvalue weighted by molar-refractivity contribution is 5.79. The molecule has 0 saturated carbocycles. The van der Waals surface area contributed by atoms with E-state index < -0.39 is 5.97 Å². The summed E-state index contributed by atoms with van der Waals surface area (Å²) in [6, 6.07) is 8.28. The summed E-state index contributed by atoms with van der Waals surface area (Å²) < 4.78 is 5.88. The highest BCUT2D eigenvalue weighted by atomic mass is 16.4. The maximum atomic E-state index is 11.6. The Hall–Kier alpha value is -1.81. The third kappa shape index (κ3) is 3.75. The lowest BCUT2D eigenvalue weighted by molar-refractivity contribution is -0.143. The first kappa shape index (κ1) is 16.1. The molecule has 2 aromatic rings. The summed E-state index contributed by atoms with van der Waals surface area (Å²) in [5, 5.41) is 13.9. The lowest BCUT2D eigenvalue weighted by Gasteiger charge is -2.17. The summed E-state index contributed by atoms with van der Waals surface area (Å²) >= 11 is 0. The predicted octanol–water partition coefficient (Wildman–Crippen LogP) is 3.48. The highest BCUT2D eigenvalue weighted by Gasteiger charge is 2.31. The molecule has 1 aromatic carbocycles. The van der Waals surface area contributed by atoms with E-state index in [-0.39, 0.29) is 11.8 Å². The van der Waals surface area contributed by atoms with Crippen LogP contribution in [0.5, 0.6) is 0 Å². The molecule has 3 rings (SSSR count). The quantitative estimate of drug-likeness (QED) is 0.856. The molecule has 0 spiro atoms. The smallest absolute Gasteiger partial charge is 0.307 e. The number of rotatable bonds is 6. The van der Waals surface area contributed by atoms with Gasteiger partial charge in [0.15, 0.2) is 0 Å². The molecule has 4 heteroatoms. The number of nitrogens with one attached hydrogen (secondary N) is 1. The molecule has 1 saturated heterocycles. The predicted molar refractivity (Wildman–Crippen MR) is 90.6 cm³/mol. The molecule has 23 heavy (non-hydrogen) atoms. The van der Waals surface area contributed by atoms with Crippen molar-refractivity contribution in [2.75, 3.05) is 13.1 Å². The summed E-state index contributed by atoms with van der Waals surface area (Å²) in [7, 11) is 0. The Balaban J connectivity index is 1.80. The molecule has 0 radical (unpaired) electrons. The number of hydrogen-bond acceptors (Lipinski definition) is 3. The zero-order chi connectivity index (χ0) is 16.4. The molecule has 0 unspecified atom stereocenters. The van der Waals surface area contributed by atoms with Gasteiger partial charge < -0.3 is 14.8 Å². The van der Waals surface area contributed by atoms with Gasteiger partial charge in [-0.15, -0.1) is 0 Å². The van der Waals surface area contributed by atoms with Gasteiger partial charge in [0.2, 0.25) is 0 Å². The molecule has 2 N–H and O–H groups in total. The number of furan rings is 1. The van der Waals surface area contributed by atoms with Crippen molar-refractivity contribution in [3.05, 3.63) is 35.6 Å². The second-order valence-corrected chi connectivity index (χ2v) is 7.08. The van der Waals surface area contributed by atoms with E-state index in [0.29, 0.717) is 12.3 Å². The molecule has 4 nitrogen and oxygen atoms in total. The molecular formula is C19H25NO3. The van der Waals surface area contributed by atoms with Crippen molar-refractivity contribution < 1.29 is 14.3 Å². The van der Waals surface area contributed by atoms with Crippen LogP contribution in [-0.4, -0.2) is 24.2 Å². The average Bonchev–Trinajstić information content (AvgIpc) is 3.12. The van der Waals surface area contributed by atoms with Crippen LogP contribution < -0.4 is 5.32 Å². The van der Waals surface area contributed by atoms with Crippen molar-refractivity contribution in [2.24, 2.45) is 17.8 Å². The van der Waals surface area contributed by atoms with E-state index in [4.69, 9.17) is 4.42 Å². The summed E-state index contributed by atoms with van der Waals surface area (Å²) in [5.74, 6) is 0.489. The van der Waals surface area contributed by atoms with E-state index in [0.717, 1.165) is 42.7 Å². The van der Waals surface area contributed by atoms with E-state index in [1.54, 1.807) is 0 Å². The number of aliphatic carboxylic acids is 1. The second-order valence-electron chi connectivity index (χ2n) is 7.08. The van der Waals surface area contributed by atoms with Gasteiger partial charge in [0.25, 0.3) is 0 Å². The van der Waals surface area contributed by atoms with E-state index in [1.165, 1.54) is 5.56 Å². The lowest BCUT2D eigenvalue weighted by atomic mass is 9.88. The Bertz CT molecular complexity index is 683. The van der Waals surface area contributed by atoms with Gasteiger partial charge in [-0.2, -0.15) is 0 Å². The Morgan fingerprint density at radius 1 is 1.35 bits per heavy atom. The lowest BCUT2D eigenvalue weighted by Crippen LogP contribution is -2.27. The van der Waals surface area contributed by atoms with Crippen LogP contribution in [0, 0.1) is 17.8 Å². The molecule has 2 atom stereocenters. The van der Waals surface area contributed by atoms with Gasteiger partial charge in [0, 0.05) is 11.8 Å². The van der Waals surface area contributed by atoms with Crippen LogP contribution in [0.1, 0.15) is 31.6 Å². The van der Waals surface area contributed by atoms with Crippen molar-refractivity contribution in [1.82, 2.24) is 5.32 Å². The van der Waals surface area contributed by atoms with Crippen LogP contribution in [0.25, 0.3) is 11.0 Å². The third-order valence-corrected chi connectivity index (χ3v) is 4.68. The Kier molecular flexibility index (Phi) is 4.71. The first-order valence-electron chi connectivity index (χ1n) is 8.48. The molecule has 0 bridgehead atoms. The highest BCUT2D eigenvalue weighted by Crippen LogP contribution is 2.28. The van der Waals surface area contributed by atoms with Gasteiger partial charge in [-0.05, 0) is 61.5 Å². The fourth-order valence-electron chi connectivity index (χ4n) is 3.54. The molecule has 0 aliphatic carbocycles. The largest absolute Gasteiger partial charge is 0.481 e.